The summed E-state index contributed by atoms with van der Waals surface area (Å²) in [5.74, 6) is -0.452. The molecule has 1 saturated heterocycles. The average molecular weight is 368 g/mol. The van der Waals surface area contributed by atoms with Crippen molar-refractivity contribution in [2.24, 2.45) is 5.92 Å². The van der Waals surface area contributed by atoms with Gasteiger partial charge in [-0.1, -0.05) is 18.2 Å². The standard InChI is InChI=1S/C16H20N2O4S2/c1-18(2)24(20,21)10-12-8-22-9-13(12)17-16(19)15-7-11-5-3-4-6-14(11)23-15/h3-7,12-13H,8-10H2,1-2H3,(H,17,19)/t12-,13-/m0/s1. The van der Waals surface area contributed by atoms with Crippen molar-refractivity contribution in [3.63, 3.8) is 0 Å². The lowest BCUT2D eigenvalue weighted by Gasteiger charge is -2.20. The Morgan fingerprint density at radius 3 is 2.79 bits per heavy atom. The molecule has 2 atom stereocenters. The van der Waals surface area contributed by atoms with Crippen LogP contribution in [-0.4, -0.2) is 57.7 Å². The molecule has 1 aromatic heterocycles. The highest BCUT2D eigenvalue weighted by atomic mass is 32.2. The minimum atomic E-state index is -3.33. The maximum absolute atomic E-state index is 12.5. The predicted molar refractivity (Wildman–Crippen MR) is 94.9 cm³/mol. The van der Waals surface area contributed by atoms with Crippen LogP contribution in [0.4, 0.5) is 0 Å². The van der Waals surface area contributed by atoms with Crippen LogP contribution in [0.15, 0.2) is 30.3 Å². The van der Waals surface area contributed by atoms with Crippen LogP contribution >= 0.6 is 11.3 Å². The molecule has 0 radical (unpaired) electrons. The number of rotatable bonds is 5. The fourth-order valence-electron chi connectivity index (χ4n) is 2.68. The lowest BCUT2D eigenvalue weighted by Crippen LogP contribution is -2.43. The molecule has 1 aliphatic rings. The second kappa shape index (κ2) is 6.79. The van der Waals surface area contributed by atoms with Gasteiger partial charge in [-0.25, -0.2) is 12.7 Å². The van der Waals surface area contributed by atoms with Crippen LogP contribution in [0, 0.1) is 5.92 Å². The summed E-state index contributed by atoms with van der Waals surface area (Å²) in [4.78, 5) is 13.1. The zero-order valence-electron chi connectivity index (χ0n) is 13.6. The highest BCUT2D eigenvalue weighted by Crippen LogP contribution is 2.26. The minimum Gasteiger partial charge on any atom is -0.379 e. The number of hydrogen-bond donors (Lipinski definition) is 1. The van der Waals surface area contributed by atoms with Crippen LogP contribution in [0.3, 0.4) is 0 Å². The van der Waals surface area contributed by atoms with E-state index in [9.17, 15) is 13.2 Å². The van der Waals surface area contributed by atoms with Crippen LogP contribution in [0.25, 0.3) is 10.1 Å². The molecule has 130 valence electrons. The lowest BCUT2D eigenvalue weighted by atomic mass is 10.1. The maximum Gasteiger partial charge on any atom is 0.261 e. The average Bonchev–Trinajstić information content (AvgIpc) is 3.13. The quantitative estimate of drug-likeness (QED) is 0.869. The molecule has 24 heavy (non-hydrogen) atoms. The van der Waals surface area contributed by atoms with Gasteiger partial charge in [-0.2, -0.15) is 0 Å². The van der Waals surface area contributed by atoms with Gasteiger partial charge in [0.1, 0.15) is 0 Å². The summed E-state index contributed by atoms with van der Waals surface area (Å²) in [5.41, 5.74) is 0. The fraction of sp³-hybridized carbons (Fsp3) is 0.438. The molecule has 2 aromatic rings. The van der Waals surface area contributed by atoms with Gasteiger partial charge in [-0.05, 0) is 17.5 Å². The Morgan fingerprint density at radius 1 is 1.33 bits per heavy atom. The Labute approximate surface area is 145 Å². The van der Waals surface area contributed by atoms with Crippen molar-refractivity contribution in [2.75, 3.05) is 33.1 Å². The minimum absolute atomic E-state index is 0.0304. The van der Waals surface area contributed by atoms with Gasteiger partial charge in [-0.15, -0.1) is 11.3 Å². The monoisotopic (exact) mass is 368 g/mol. The molecule has 0 unspecified atom stereocenters. The number of thiophene rings is 1. The first-order chi connectivity index (χ1) is 11.4. The molecule has 0 saturated carbocycles. The summed E-state index contributed by atoms with van der Waals surface area (Å²) < 4.78 is 31.8. The third kappa shape index (κ3) is 3.61. The normalized spacial score (nSPS) is 21.5. The number of sulfonamides is 1. The third-order valence-corrected chi connectivity index (χ3v) is 7.22. The number of amides is 1. The predicted octanol–water partition coefficient (Wildman–Crippen LogP) is 1.54. The number of fused-ring (bicyclic) bond motifs is 1. The van der Waals surface area contributed by atoms with E-state index in [1.54, 1.807) is 0 Å². The number of nitrogens with zero attached hydrogens (tertiary/aromatic N) is 1. The van der Waals surface area contributed by atoms with E-state index in [1.807, 2.05) is 30.3 Å². The molecular formula is C16H20N2O4S2. The van der Waals surface area contributed by atoms with E-state index in [-0.39, 0.29) is 23.6 Å². The lowest BCUT2D eigenvalue weighted by molar-refractivity contribution is 0.0930. The Hall–Kier alpha value is -1.48. The molecular weight excluding hydrogens is 348 g/mol. The van der Waals surface area contributed by atoms with Crippen molar-refractivity contribution < 1.29 is 17.9 Å². The van der Waals surface area contributed by atoms with Crippen LogP contribution in [-0.2, 0) is 14.8 Å². The molecule has 2 heterocycles. The highest BCUT2D eigenvalue weighted by Gasteiger charge is 2.34. The van der Waals surface area contributed by atoms with E-state index >= 15 is 0 Å². The second-order valence-electron chi connectivity index (χ2n) is 6.09. The number of ether oxygens (including phenoxy) is 1. The summed E-state index contributed by atoms with van der Waals surface area (Å²) in [6.45, 7) is 0.675. The smallest absolute Gasteiger partial charge is 0.261 e. The van der Waals surface area contributed by atoms with Gasteiger partial charge in [0.25, 0.3) is 5.91 Å². The van der Waals surface area contributed by atoms with Crippen molar-refractivity contribution in [1.29, 1.82) is 0 Å². The Bertz CT molecular complexity index is 812. The SMILES string of the molecule is CN(C)S(=O)(=O)C[C@@H]1COC[C@@H]1NC(=O)c1cc2ccccc2s1. The zero-order chi connectivity index (χ0) is 17.3. The van der Waals surface area contributed by atoms with E-state index < -0.39 is 10.0 Å². The molecule has 1 fully saturated rings. The largest absolute Gasteiger partial charge is 0.379 e. The number of benzene rings is 1. The maximum atomic E-state index is 12.5. The topological polar surface area (TPSA) is 75.7 Å². The molecule has 6 nitrogen and oxygen atoms in total. The molecule has 1 amide bonds. The Morgan fingerprint density at radius 2 is 2.08 bits per heavy atom. The summed E-state index contributed by atoms with van der Waals surface area (Å²) in [6.07, 6.45) is 0. The molecule has 0 bridgehead atoms. The van der Waals surface area contributed by atoms with E-state index in [0.29, 0.717) is 18.1 Å². The van der Waals surface area contributed by atoms with Crippen LogP contribution in [0.5, 0.6) is 0 Å². The molecule has 1 N–H and O–H groups in total. The number of carbonyl (C=O) groups excluding carboxylic acids is 1. The second-order valence-corrected chi connectivity index (χ2v) is 9.40. The van der Waals surface area contributed by atoms with Crippen LogP contribution < -0.4 is 5.32 Å². The summed E-state index contributed by atoms with van der Waals surface area (Å²) in [6, 6.07) is 9.38. The van der Waals surface area contributed by atoms with E-state index in [1.165, 1.54) is 29.7 Å². The van der Waals surface area contributed by atoms with Gasteiger partial charge in [0.05, 0.1) is 29.9 Å². The molecule has 1 aliphatic heterocycles. The van der Waals surface area contributed by atoms with Gasteiger partial charge >= 0.3 is 0 Å². The molecule has 3 rings (SSSR count). The van der Waals surface area contributed by atoms with Gasteiger partial charge in [0.2, 0.25) is 10.0 Å². The van der Waals surface area contributed by atoms with Crippen LogP contribution in [0.1, 0.15) is 9.67 Å². The Kier molecular flexibility index (Phi) is 4.91. The number of carbonyl (C=O) groups is 1. The first kappa shape index (κ1) is 17.3. The van der Waals surface area contributed by atoms with E-state index in [4.69, 9.17) is 4.74 Å². The van der Waals surface area contributed by atoms with Gasteiger partial charge in [0.15, 0.2) is 0 Å². The molecule has 8 heteroatoms. The van der Waals surface area contributed by atoms with Gasteiger partial charge in [-0.3, -0.25) is 4.79 Å². The van der Waals surface area contributed by atoms with Crippen molar-refractivity contribution in [2.45, 2.75) is 6.04 Å². The first-order valence-corrected chi connectivity index (χ1v) is 10.1. The van der Waals surface area contributed by atoms with Gasteiger partial charge < -0.3 is 10.1 Å². The molecule has 1 aromatic carbocycles. The molecule has 0 spiro atoms. The van der Waals surface area contributed by atoms with Gasteiger partial charge in [0, 0.05) is 24.7 Å². The van der Waals surface area contributed by atoms with E-state index in [2.05, 4.69) is 5.32 Å². The van der Waals surface area contributed by atoms with Crippen molar-refractivity contribution in [3.8, 4) is 0 Å². The highest BCUT2D eigenvalue weighted by molar-refractivity contribution is 7.89. The van der Waals surface area contributed by atoms with E-state index in [0.717, 1.165) is 10.1 Å². The summed E-state index contributed by atoms with van der Waals surface area (Å²) in [7, 11) is -0.311. The molecule has 0 aliphatic carbocycles. The zero-order valence-corrected chi connectivity index (χ0v) is 15.2. The fourth-order valence-corrected chi connectivity index (χ4v) is 4.81. The Balaban J connectivity index is 1.71. The first-order valence-electron chi connectivity index (χ1n) is 7.64. The van der Waals surface area contributed by atoms with Crippen molar-refractivity contribution in [1.82, 2.24) is 9.62 Å². The third-order valence-electron chi connectivity index (χ3n) is 4.15. The number of nitrogens with one attached hydrogen (secondary N) is 1. The number of hydrogen-bond acceptors (Lipinski definition) is 5. The summed E-state index contributed by atoms with van der Waals surface area (Å²) in [5, 5.41) is 3.96. The van der Waals surface area contributed by atoms with Crippen LogP contribution in [0.2, 0.25) is 0 Å². The summed E-state index contributed by atoms with van der Waals surface area (Å²) >= 11 is 1.43. The van der Waals surface area contributed by atoms with Crippen molar-refractivity contribution >= 4 is 37.4 Å². The van der Waals surface area contributed by atoms with Crippen molar-refractivity contribution in [3.05, 3.63) is 35.2 Å².